The number of aryl methyl sites for hydroxylation is 1. The van der Waals surface area contributed by atoms with Crippen LogP contribution in [0.4, 0.5) is 0 Å². The van der Waals surface area contributed by atoms with Crippen LogP contribution in [0.1, 0.15) is 5.56 Å². The Labute approximate surface area is 107 Å². The average Bonchev–Trinajstić information content (AvgIpc) is 2.39. The van der Waals surface area contributed by atoms with E-state index in [0.717, 1.165) is 5.56 Å². The first-order valence-electron chi connectivity index (χ1n) is 5.49. The van der Waals surface area contributed by atoms with Crippen LogP contribution in [0.5, 0.6) is 0 Å². The summed E-state index contributed by atoms with van der Waals surface area (Å²) < 4.78 is 35.6. The van der Waals surface area contributed by atoms with Crippen molar-refractivity contribution in [2.45, 2.75) is 12.7 Å². The minimum atomic E-state index is -3.33. The van der Waals surface area contributed by atoms with Crippen molar-refractivity contribution in [3.05, 3.63) is 30.1 Å². The number of nitrogens with zero attached hydrogens (tertiary/aromatic N) is 1. The second kappa shape index (κ2) is 7.42. The van der Waals surface area contributed by atoms with Gasteiger partial charge in [0.1, 0.15) is 0 Å². The summed E-state index contributed by atoms with van der Waals surface area (Å²) >= 11 is 0. The van der Waals surface area contributed by atoms with E-state index in [-0.39, 0.29) is 12.3 Å². The Bertz CT molecular complexity index is 432. The summed E-state index contributed by atoms with van der Waals surface area (Å²) in [6, 6.07) is 3.59. The van der Waals surface area contributed by atoms with Crippen molar-refractivity contribution in [1.82, 2.24) is 9.71 Å². The Morgan fingerprint density at radius 3 is 2.44 bits per heavy atom. The van der Waals surface area contributed by atoms with E-state index in [1.165, 1.54) is 14.2 Å². The van der Waals surface area contributed by atoms with E-state index in [1.54, 1.807) is 24.5 Å². The van der Waals surface area contributed by atoms with Crippen LogP contribution in [0.3, 0.4) is 0 Å². The minimum absolute atomic E-state index is 0.0250. The number of rotatable bonds is 8. The van der Waals surface area contributed by atoms with Gasteiger partial charge in [-0.1, -0.05) is 0 Å². The summed E-state index contributed by atoms with van der Waals surface area (Å²) in [5, 5.41) is 0. The van der Waals surface area contributed by atoms with Crippen LogP contribution in [0, 0.1) is 0 Å². The zero-order chi connectivity index (χ0) is 13.4. The van der Waals surface area contributed by atoms with Gasteiger partial charge in [0.05, 0.1) is 12.3 Å². The third kappa shape index (κ3) is 5.54. The standard InChI is InChI=1S/C11H18N2O4S/c1-16-11(17-2)9-13-18(14,15)8-5-10-3-6-12-7-4-10/h3-4,6-7,11,13H,5,8-9H2,1-2H3. The van der Waals surface area contributed by atoms with E-state index in [9.17, 15) is 8.42 Å². The van der Waals surface area contributed by atoms with Crippen LogP contribution in [0.2, 0.25) is 0 Å². The van der Waals surface area contributed by atoms with Gasteiger partial charge >= 0.3 is 0 Å². The molecule has 0 amide bonds. The second-order valence-electron chi connectivity index (χ2n) is 3.67. The molecule has 0 radical (unpaired) electrons. The summed E-state index contributed by atoms with van der Waals surface area (Å²) in [6.45, 7) is 0.103. The fraction of sp³-hybridized carbons (Fsp3) is 0.545. The van der Waals surface area contributed by atoms with Crippen molar-refractivity contribution in [3.8, 4) is 0 Å². The van der Waals surface area contributed by atoms with Gasteiger partial charge in [0.25, 0.3) is 0 Å². The largest absolute Gasteiger partial charge is 0.355 e. The highest BCUT2D eigenvalue weighted by Gasteiger charge is 2.13. The number of aromatic nitrogens is 1. The molecule has 0 bridgehead atoms. The van der Waals surface area contributed by atoms with Gasteiger partial charge in [0.2, 0.25) is 10.0 Å². The second-order valence-corrected chi connectivity index (χ2v) is 5.60. The molecular weight excluding hydrogens is 256 g/mol. The van der Waals surface area contributed by atoms with Gasteiger partial charge in [-0.25, -0.2) is 13.1 Å². The molecule has 1 heterocycles. The molecule has 6 nitrogen and oxygen atoms in total. The lowest BCUT2D eigenvalue weighted by Gasteiger charge is -2.14. The minimum Gasteiger partial charge on any atom is -0.355 e. The third-order valence-electron chi connectivity index (χ3n) is 2.40. The quantitative estimate of drug-likeness (QED) is 0.683. The fourth-order valence-corrected chi connectivity index (χ4v) is 2.37. The predicted octanol–water partition coefficient (Wildman–Crippen LogP) is 0.162. The van der Waals surface area contributed by atoms with Gasteiger partial charge in [-0.3, -0.25) is 4.98 Å². The highest BCUT2D eigenvalue weighted by atomic mass is 32.2. The van der Waals surface area contributed by atoms with Crippen molar-refractivity contribution in [3.63, 3.8) is 0 Å². The maximum absolute atomic E-state index is 11.7. The van der Waals surface area contributed by atoms with Crippen molar-refractivity contribution in [2.24, 2.45) is 0 Å². The Kier molecular flexibility index (Phi) is 6.20. The molecule has 102 valence electrons. The normalized spacial score (nSPS) is 11.9. The molecule has 0 aliphatic heterocycles. The smallest absolute Gasteiger partial charge is 0.212 e. The zero-order valence-corrected chi connectivity index (χ0v) is 11.3. The van der Waals surface area contributed by atoms with Gasteiger partial charge in [-0.15, -0.1) is 0 Å². The Morgan fingerprint density at radius 1 is 1.28 bits per heavy atom. The van der Waals surface area contributed by atoms with Crippen LogP contribution in [0.15, 0.2) is 24.5 Å². The van der Waals surface area contributed by atoms with Crippen LogP contribution in [-0.2, 0) is 25.9 Å². The van der Waals surface area contributed by atoms with E-state index in [4.69, 9.17) is 9.47 Å². The lowest BCUT2D eigenvalue weighted by molar-refractivity contribution is -0.0960. The zero-order valence-electron chi connectivity index (χ0n) is 10.5. The van der Waals surface area contributed by atoms with Crippen molar-refractivity contribution < 1.29 is 17.9 Å². The van der Waals surface area contributed by atoms with Crippen molar-refractivity contribution in [2.75, 3.05) is 26.5 Å². The van der Waals surface area contributed by atoms with E-state index in [2.05, 4.69) is 9.71 Å². The van der Waals surface area contributed by atoms with Crippen LogP contribution >= 0.6 is 0 Å². The monoisotopic (exact) mass is 274 g/mol. The number of hydrogen-bond acceptors (Lipinski definition) is 5. The summed E-state index contributed by atoms with van der Waals surface area (Å²) in [5.74, 6) is 0.0250. The first-order valence-corrected chi connectivity index (χ1v) is 7.14. The maximum Gasteiger partial charge on any atom is 0.212 e. The van der Waals surface area contributed by atoms with Gasteiger partial charge in [0.15, 0.2) is 6.29 Å². The first-order chi connectivity index (χ1) is 8.57. The number of ether oxygens (including phenoxy) is 2. The van der Waals surface area contributed by atoms with E-state index in [0.29, 0.717) is 6.42 Å². The fourth-order valence-electron chi connectivity index (χ4n) is 1.33. The lowest BCUT2D eigenvalue weighted by atomic mass is 10.2. The molecule has 0 unspecified atom stereocenters. The number of sulfonamides is 1. The highest BCUT2D eigenvalue weighted by molar-refractivity contribution is 7.89. The molecule has 0 aromatic carbocycles. The van der Waals surface area contributed by atoms with E-state index in [1.807, 2.05) is 0 Å². The summed E-state index contributed by atoms with van der Waals surface area (Å²) in [6.07, 6.45) is 3.16. The lowest BCUT2D eigenvalue weighted by Crippen LogP contribution is -2.35. The molecule has 0 saturated carbocycles. The molecule has 0 atom stereocenters. The van der Waals surface area contributed by atoms with Crippen LogP contribution < -0.4 is 4.72 Å². The molecule has 0 fully saturated rings. The average molecular weight is 274 g/mol. The third-order valence-corrected chi connectivity index (χ3v) is 3.75. The Balaban J connectivity index is 2.40. The van der Waals surface area contributed by atoms with E-state index < -0.39 is 16.3 Å². The molecular formula is C11H18N2O4S. The topological polar surface area (TPSA) is 77.5 Å². The number of hydrogen-bond donors (Lipinski definition) is 1. The molecule has 1 aromatic heterocycles. The molecule has 1 rings (SSSR count). The molecule has 0 aliphatic rings. The molecule has 0 aliphatic carbocycles. The number of nitrogens with one attached hydrogen (secondary N) is 1. The van der Waals surface area contributed by atoms with Crippen LogP contribution in [0.25, 0.3) is 0 Å². The SMILES string of the molecule is COC(CNS(=O)(=O)CCc1ccncc1)OC. The van der Waals surface area contributed by atoms with E-state index >= 15 is 0 Å². The number of methoxy groups -OCH3 is 2. The first kappa shape index (κ1) is 15.0. The summed E-state index contributed by atoms with van der Waals surface area (Å²) in [5.41, 5.74) is 0.936. The molecule has 1 N–H and O–H groups in total. The summed E-state index contributed by atoms with van der Waals surface area (Å²) in [4.78, 5) is 3.87. The van der Waals surface area contributed by atoms with Gasteiger partial charge in [-0.05, 0) is 24.1 Å². The Morgan fingerprint density at radius 2 is 1.89 bits per heavy atom. The highest BCUT2D eigenvalue weighted by Crippen LogP contribution is 2.00. The summed E-state index contributed by atoms with van der Waals surface area (Å²) in [7, 11) is -0.410. The van der Waals surface area contributed by atoms with Gasteiger partial charge in [0, 0.05) is 26.6 Å². The van der Waals surface area contributed by atoms with Gasteiger partial charge in [-0.2, -0.15) is 0 Å². The number of pyridine rings is 1. The molecule has 0 spiro atoms. The molecule has 1 aromatic rings. The van der Waals surface area contributed by atoms with Crippen molar-refractivity contribution in [1.29, 1.82) is 0 Å². The predicted molar refractivity (Wildman–Crippen MR) is 67.5 cm³/mol. The Hall–Kier alpha value is -1.02. The maximum atomic E-state index is 11.7. The molecule has 7 heteroatoms. The van der Waals surface area contributed by atoms with Crippen LogP contribution in [-0.4, -0.2) is 46.2 Å². The van der Waals surface area contributed by atoms with Gasteiger partial charge < -0.3 is 9.47 Å². The van der Waals surface area contributed by atoms with Crippen molar-refractivity contribution >= 4 is 10.0 Å². The molecule has 18 heavy (non-hydrogen) atoms. The molecule has 0 saturated heterocycles.